The molecule has 0 bridgehead atoms. The van der Waals surface area contributed by atoms with Gasteiger partial charge in [0.25, 0.3) is 0 Å². The van der Waals surface area contributed by atoms with Crippen molar-refractivity contribution in [2.45, 2.75) is 13.8 Å². The van der Waals surface area contributed by atoms with Crippen LogP contribution < -0.4 is 9.47 Å². The van der Waals surface area contributed by atoms with Gasteiger partial charge in [-0.3, -0.25) is 4.98 Å². The molecule has 2 rings (SSSR count). The number of nitrogens with zero attached hydrogens (tertiary/aromatic N) is 1. The Bertz CT molecular complexity index is 515. The second-order valence-corrected chi connectivity index (χ2v) is 3.78. The van der Waals surface area contributed by atoms with Gasteiger partial charge in [-0.05, 0) is 18.2 Å². The summed E-state index contributed by atoms with van der Waals surface area (Å²) in [6, 6.07) is 7.52. The summed E-state index contributed by atoms with van der Waals surface area (Å²) in [5.41, 5.74) is 1.82. The summed E-state index contributed by atoms with van der Waals surface area (Å²) >= 11 is 6.29. The Morgan fingerprint density at radius 2 is 1.79 bits per heavy atom. The van der Waals surface area contributed by atoms with Gasteiger partial charge < -0.3 is 9.47 Å². The quantitative estimate of drug-likeness (QED) is 0.832. The van der Waals surface area contributed by atoms with E-state index in [1.165, 1.54) is 0 Å². The lowest BCUT2D eigenvalue weighted by atomic mass is 10.1. The molecule has 3 nitrogen and oxygen atoms in total. The number of methoxy groups -OCH3 is 2. The predicted molar refractivity (Wildman–Crippen MR) is 79.1 cm³/mol. The van der Waals surface area contributed by atoms with Crippen molar-refractivity contribution in [2.75, 3.05) is 14.2 Å². The van der Waals surface area contributed by atoms with Gasteiger partial charge in [0.2, 0.25) is 0 Å². The first-order valence-corrected chi connectivity index (χ1v) is 6.46. The monoisotopic (exact) mass is 279 g/mol. The molecule has 0 aliphatic heterocycles. The summed E-state index contributed by atoms with van der Waals surface area (Å²) in [4.78, 5) is 4.07. The fraction of sp³-hybridized carbons (Fsp3) is 0.267. The molecule has 102 valence electrons. The predicted octanol–water partition coefficient (Wildman–Crippen LogP) is 4.45. The van der Waals surface area contributed by atoms with Crippen LogP contribution in [0.2, 0.25) is 5.02 Å². The minimum atomic E-state index is 0.528. The van der Waals surface area contributed by atoms with E-state index in [1.54, 1.807) is 26.6 Å². The molecule has 0 radical (unpaired) electrons. The third kappa shape index (κ3) is 3.38. The SMILES string of the molecule is CC.COc1ccc(-c2cccnc2)c(Cl)c1OC. The van der Waals surface area contributed by atoms with E-state index in [1.807, 2.05) is 38.1 Å². The molecule has 0 unspecified atom stereocenters. The molecule has 0 saturated heterocycles. The second kappa shape index (κ2) is 7.64. The minimum Gasteiger partial charge on any atom is -0.493 e. The van der Waals surface area contributed by atoms with Crippen LogP contribution in [0.25, 0.3) is 11.1 Å². The van der Waals surface area contributed by atoms with Crippen LogP contribution >= 0.6 is 11.6 Å². The summed E-state index contributed by atoms with van der Waals surface area (Å²) in [6.07, 6.45) is 3.48. The van der Waals surface area contributed by atoms with Crippen molar-refractivity contribution < 1.29 is 9.47 Å². The minimum absolute atomic E-state index is 0.528. The van der Waals surface area contributed by atoms with Crippen LogP contribution in [0.3, 0.4) is 0 Å². The second-order valence-electron chi connectivity index (χ2n) is 3.40. The summed E-state index contributed by atoms with van der Waals surface area (Å²) in [7, 11) is 3.15. The third-order valence-corrected chi connectivity index (χ3v) is 2.83. The number of benzene rings is 1. The van der Waals surface area contributed by atoms with Crippen molar-refractivity contribution in [3.8, 4) is 22.6 Å². The molecule has 1 heterocycles. The Morgan fingerprint density at radius 1 is 1.05 bits per heavy atom. The van der Waals surface area contributed by atoms with E-state index in [9.17, 15) is 0 Å². The maximum atomic E-state index is 6.29. The van der Waals surface area contributed by atoms with Crippen LogP contribution in [0.1, 0.15) is 13.8 Å². The van der Waals surface area contributed by atoms with Gasteiger partial charge in [0.15, 0.2) is 11.5 Å². The first kappa shape index (κ1) is 15.3. The van der Waals surface area contributed by atoms with Crippen LogP contribution in [0.5, 0.6) is 11.5 Å². The van der Waals surface area contributed by atoms with Gasteiger partial charge in [-0.25, -0.2) is 0 Å². The Hall–Kier alpha value is -1.74. The molecule has 0 spiro atoms. The number of halogens is 1. The van der Waals surface area contributed by atoms with Crippen molar-refractivity contribution in [2.24, 2.45) is 0 Å². The normalized spacial score (nSPS) is 9.32. The first-order valence-electron chi connectivity index (χ1n) is 6.08. The van der Waals surface area contributed by atoms with E-state index in [0.717, 1.165) is 11.1 Å². The Labute approximate surface area is 119 Å². The van der Waals surface area contributed by atoms with Crippen LogP contribution in [0.15, 0.2) is 36.7 Å². The lowest BCUT2D eigenvalue weighted by molar-refractivity contribution is 0.355. The van der Waals surface area contributed by atoms with Gasteiger partial charge in [0.05, 0.1) is 19.2 Å². The number of aromatic nitrogens is 1. The van der Waals surface area contributed by atoms with E-state index in [-0.39, 0.29) is 0 Å². The maximum Gasteiger partial charge on any atom is 0.180 e. The highest BCUT2D eigenvalue weighted by Crippen LogP contribution is 2.41. The zero-order valence-electron chi connectivity index (χ0n) is 11.6. The number of hydrogen-bond acceptors (Lipinski definition) is 3. The van der Waals surface area contributed by atoms with Gasteiger partial charge in [-0.15, -0.1) is 0 Å². The smallest absolute Gasteiger partial charge is 0.180 e. The van der Waals surface area contributed by atoms with Crippen LogP contribution in [0.4, 0.5) is 0 Å². The molecule has 19 heavy (non-hydrogen) atoms. The van der Waals surface area contributed by atoms with Gasteiger partial charge in [-0.2, -0.15) is 0 Å². The highest BCUT2D eigenvalue weighted by Gasteiger charge is 2.14. The van der Waals surface area contributed by atoms with E-state index in [2.05, 4.69) is 4.98 Å². The van der Waals surface area contributed by atoms with Crippen molar-refractivity contribution in [1.82, 2.24) is 4.98 Å². The lowest BCUT2D eigenvalue weighted by Crippen LogP contribution is -1.93. The molecule has 2 aromatic rings. The molecule has 1 aromatic heterocycles. The Kier molecular flexibility index (Phi) is 6.16. The fourth-order valence-corrected chi connectivity index (χ4v) is 1.98. The van der Waals surface area contributed by atoms with Gasteiger partial charge >= 0.3 is 0 Å². The standard InChI is InChI=1S/C13H12ClNO2.C2H6/c1-16-11-6-5-10(12(14)13(11)17-2)9-4-3-7-15-8-9;1-2/h3-8H,1-2H3;1-2H3. The molecule has 0 saturated carbocycles. The highest BCUT2D eigenvalue weighted by molar-refractivity contribution is 6.35. The summed E-state index contributed by atoms with van der Waals surface area (Å²) in [5, 5.41) is 0.528. The van der Waals surface area contributed by atoms with E-state index in [4.69, 9.17) is 21.1 Å². The van der Waals surface area contributed by atoms with E-state index in [0.29, 0.717) is 16.5 Å². The van der Waals surface area contributed by atoms with E-state index >= 15 is 0 Å². The third-order valence-electron chi connectivity index (χ3n) is 2.46. The van der Waals surface area contributed by atoms with Gasteiger partial charge in [0.1, 0.15) is 0 Å². The Balaban J connectivity index is 0.000000861. The summed E-state index contributed by atoms with van der Waals surface area (Å²) < 4.78 is 10.4. The maximum absolute atomic E-state index is 6.29. The number of pyridine rings is 1. The van der Waals surface area contributed by atoms with Crippen molar-refractivity contribution in [3.63, 3.8) is 0 Å². The van der Waals surface area contributed by atoms with Crippen molar-refractivity contribution in [1.29, 1.82) is 0 Å². The molecule has 0 aliphatic carbocycles. The van der Waals surface area contributed by atoms with E-state index < -0.39 is 0 Å². The van der Waals surface area contributed by atoms with Crippen molar-refractivity contribution in [3.05, 3.63) is 41.7 Å². The van der Waals surface area contributed by atoms with Crippen LogP contribution in [-0.2, 0) is 0 Å². The van der Waals surface area contributed by atoms with Gasteiger partial charge in [0, 0.05) is 23.5 Å². The average Bonchev–Trinajstić information content (AvgIpc) is 2.49. The zero-order chi connectivity index (χ0) is 14.3. The largest absolute Gasteiger partial charge is 0.493 e. The molecule has 0 atom stereocenters. The number of ether oxygens (including phenoxy) is 2. The first-order chi connectivity index (χ1) is 9.27. The summed E-state index contributed by atoms with van der Waals surface area (Å²) in [6.45, 7) is 4.00. The highest BCUT2D eigenvalue weighted by atomic mass is 35.5. The topological polar surface area (TPSA) is 31.4 Å². The molecular weight excluding hydrogens is 262 g/mol. The molecule has 0 N–H and O–H groups in total. The Morgan fingerprint density at radius 3 is 2.32 bits per heavy atom. The zero-order valence-corrected chi connectivity index (χ0v) is 12.4. The molecular formula is C15H18ClNO2. The molecule has 0 amide bonds. The number of hydrogen-bond donors (Lipinski definition) is 0. The molecule has 1 aromatic carbocycles. The molecule has 4 heteroatoms. The average molecular weight is 280 g/mol. The lowest BCUT2D eigenvalue weighted by Gasteiger charge is -2.12. The van der Waals surface area contributed by atoms with Crippen molar-refractivity contribution >= 4 is 11.6 Å². The molecule has 0 aliphatic rings. The van der Waals surface area contributed by atoms with Crippen LogP contribution in [-0.4, -0.2) is 19.2 Å². The molecule has 0 fully saturated rings. The van der Waals surface area contributed by atoms with Crippen LogP contribution in [0, 0.1) is 0 Å². The van der Waals surface area contributed by atoms with Gasteiger partial charge in [-0.1, -0.05) is 31.5 Å². The number of rotatable bonds is 3. The summed E-state index contributed by atoms with van der Waals surface area (Å²) in [5.74, 6) is 1.15. The fourth-order valence-electron chi connectivity index (χ4n) is 1.63.